The standard InChI is InChI=1S/C15H22F3N/c1-13(9-10-14-7-3-2-4-8-14)19-12-6-5-11-15(16,17)18/h2-4,7-8,13,19H,5-6,9-12H2,1H3. The first-order chi connectivity index (χ1) is 8.97. The number of halogens is 3. The molecule has 0 saturated heterocycles. The number of aryl methyl sites for hydroxylation is 1. The summed E-state index contributed by atoms with van der Waals surface area (Å²) in [6.45, 7) is 2.73. The lowest BCUT2D eigenvalue weighted by Crippen LogP contribution is -2.27. The predicted molar refractivity (Wildman–Crippen MR) is 72.1 cm³/mol. The van der Waals surface area contributed by atoms with Crippen LogP contribution in [0, 0.1) is 0 Å². The van der Waals surface area contributed by atoms with E-state index in [0.29, 0.717) is 19.0 Å². The van der Waals surface area contributed by atoms with Crippen LogP contribution in [0.15, 0.2) is 30.3 Å². The Hall–Kier alpha value is -1.03. The smallest absolute Gasteiger partial charge is 0.314 e. The molecule has 19 heavy (non-hydrogen) atoms. The Labute approximate surface area is 113 Å². The monoisotopic (exact) mass is 273 g/mol. The van der Waals surface area contributed by atoms with Gasteiger partial charge in [-0.1, -0.05) is 30.3 Å². The van der Waals surface area contributed by atoms with Gasteiger partial charge in [0.2, 0.25) is 0 Å². The first kappa shape index (κ1) is 16.0. The summed E-state index contributed by atoms with van der Waals surface area (Å²) >= 11 is 0. The van der Waals surface area contributed by atoms with Gasteiger partial charge in [-0.2, -0.15) is 13.2 Å². The van der Waals surface area contributed by atoms with Gasteiger partial charge in [0.25, 0.3) is 0 Å². The van der Waals surface area contributed by atoms with Gasteiger partial charge in [0.15, 0.2) is 0 Å². The lowest BCUT2D eigenvalue weighted by Gasteiger charge is -2.14. The summed E-state index contributed by atoms with van der Waals surface area (Å²) in [7, 11) is 0. The Balaban J connectivity index is 2.04. The van der Waals surface area contributed by atoms with Gasteiger partial charge in [-0.25, -0.2) is 0 Å². The fourth-order valence-electron chi connectivity index (χ4n) is 1.93. The average molecular weight is 273 g/mol. The van der Waals surface area contributed by atoms with E-state index >= 15 is 0 Å². The first-order valence-electron chi connectivity index (χ1n) is 6.81. The molecule has 0 aliphatic rings. The van der Waals surface area contributed by atoms with Gasteiger partial charge in [-0.15, -0.1) is 0 Å². The van der Waals surface area contributed by atoms with Crippen LogP contribution < -0.4 is 5.32 Å². The second-order valence-corrected chi connectivity index (χ2v) is 4.95. The van der Waals surface area contributed by atoms with Crippen molar-refractivity contribution in [3.63, 3.8) is 0 Å². The molecule has 4 heteroatoms. The van der Waals surface area contributed by atoms with E-state index < -0.39 is 12.6 Å². The largest absolute Gasteiger partial charge is 0.389 e. The van der Waals surface area contributed by atoms with Crippen molar-refractivity contribution in [2.24, 2.45) is 0 Å². The van der Waals surface area contributed by atoms with Gasteiger partial charge >= 0.3 is 6.18 Å². The Kier molecular flexibility index (Phi) is 6.92. The molecule has 1 aromatic carbocycles. The molecule has 0 aromatic heterocycles. The second kappa shape index (κ2) is 8.20. The zero-order valence-corrected chi connectivity index (χ0v) is 11.3. The molecule has 1 unspecified atom stereocenters. The fourth-order valence-corrected chi connectivity index (χ4v) is 1.93. The molecule has 1 N–H and O–H groups in total. The number of alkyl halides is 3. The fraction of sp³-hybridized carbons (Fsp3) is 0.600. The van der Waals surface area contributed by atoms with Crippen molar-refractivity contribution in [1.82, 2.24) is 5.32 Å². The van der Waals surface area contributed by atoms with E-state index in [1.807, 2.05) is 18.2 Å². The molecule has 0 heterocycles. The molecular formula is C15H22F3N. The number of hydrogen-bond donors (Lipinski definition) is 1. The summed E-state index contributed by atoms with van der Waals surface area (Å²) in [5, 5.41) is 3.27. The van der Waals surface area contributed by atoms with E-state index in [1.165, 1.54) is 5.56 Å². The minimum atomic E-state index is -4.01. The zero-order chi connectivity index (χ0) is 14.1. The van der Waals surface area contributed by atoms with Crippen LogP contribution in [0.4, 0.5) is 13.2 Å². The Morgan fingerprint density at radius 2 is 1.79 bits per heavy atom. The quantitative estimate of drug-likeness (QED) is 0.695. The number of rotatable bonds is 8. The molecule has 1 nitrogen and oxygen atoms in total. The molecule has 0 aliphatic carbocycles. The highest BCUT2D eigenvalue weighted by Crippen LogP contribution is 2.21. The first-order valence-corrected chi connectivity index (χ1v) is 6.81. The highest BCUT2D eigenvalue weighted by atomic mass is 19.4. The van der Waals surface area contributed by atoms with Crippen molar-refractivity contribution >= 4 is 0 Å². The zero-order valence-electron chi connectivity index (χ0n) is 11.3. The molecular weight excluding hydrogens is 251 g/mol. The summed E-state index contributed by atoms with van der Waals surface area (Å²) in [4.78, 5) is 0. The lowest BCUT2D eigenvalue weighted by molar-refractivity contribution is -0.135. The summed E-state index contributed by atoms with van der Waals surface area (Å²) in [6.07, 6.45) is -1.90. The van der Waals surface area contributed by atoms with Crippen molar-refractivity contribution in [1.29, 1.82) is 0 Å². The Morgan fingerprint density at radius 1 is 1.11 bits per heavy atom. The molecule has 1 aromatic rings. The molecule has 0 amide bonds. The summed E-state index contributed by atoms with van der Waals surface area (Å²) in [6, 6.07) is 10.6. The molecule has 0 bridgehead atoms. The lowest BCUT2D eigenvalue weighted by atomic mass is 10.1. The van der Waals surface area contributed by atoms with Crippen LogP contribution in [0.5, 0.6) is 0 Å². The molecule has 108 valence electrons. The number of hydrogen-bond acceptors (Lipinski definition) is 1. The van der Waals surface area contributed by atoms with Crippen molar-refractivity contribution in [3.05, 3.63) is 35.9 Å². The van der Waals surface area contributed by atoms with E-state index in [2.05, 4.69) is 24.4 Å². The highest BCUT2D eigenvalue weighted by molar-refractivity contribution is 5.14. The maximum Gasteiger partial charge on any atom is 0.389 e. The van der Waals surface area contributed by atoms with E-state index in [-0.39, 0.29) is 6.42 Å². The Bertz CT molecular complexity index is 335. The summed E-state index contributed by atoms with van der Waals surface area (Å²) in [5.41, 5.74) is 1.30. The third-order valence-corrected chi connectivity index (χ3v) is 3.09. The van der Waals surface area contributed by atoms with E-state index in [0.717, 1.165) is 12.8 Å². The van der Waals surface area contributed by atoms with E-state index in [9.17, 15) is 13.2 Å². The highest BCUT2D eigenvalue weighted by Gasteiger charge is 2.25. The predicted octanol–water partition coefficient (Wildman–Crippen LogP) is 4.33. The maximum absolute atomic E-state index is 11.9. The third-order valence-electron chi connectivity index (χ3n) is 3.09. The van der Waals surface area contributed by atoms with Crippen molar-refractivity contribution in [2.75, 3.05) is 6.54 Å². The van der Waals surface area contributed by atoms with Crippen LogP contribution in [0.25, 0.3) is 0 Å². The van der Waals surface area contributed by atoms with Crippen LogP contribution in [-0.2, 0) is 6.42 Å². The summed E-state index contributed by atoms with van der Waals surface area (Å²) in [5.74, 6) is 0. The number of benzene rings is 1. The van der Waals surface area contributed by atoms with Gasteiger partial charge in [0, 0.05) is 12.5 Å². The molecule has 0 radical (unpaired) electrons. The van der Waals surface area contributed by atoms with Gasteiger partial charge in [0.1, 0.15) is 0 Å². The van der Waals surface area contributed by atoms with Crippen LogP contribution in [-0.4, -0.2) is 18.8 Å². The SMILES string of the molecule is CC(CCc1ccccc1)NCCCCC(F)(F)F. The second-order valence-electron chi connectivity index (χ2n) is 4.95. The Morgan fingerprint density at radius 3 is 2.42 bits per heavy atom. The van der Waals surface area contributed by atoms with Gasteiger partial charge in [0.05, 0.1) is 0 Å². The van der Waals surface area contributed by atoms with Crippen LogP contribution in [0.1, 0.15) is 38.2 Å². The molecule has 0 fully saturated rings. The normalized spacial score (nSPS) is 13.5. The van der Waals surface area contributed by atoms with Crippen molar-refractivity contribution in [2.45, 2.75) is 51.2 Å². The van der Waals surface area contributed by atoms with E-state index in [1.54, 1.807) is 0 Å². The van der Waals surface area contributed by atoms with E-state index in [4.69, 9.17) is 0 Å². The molecule has 0 aliphatic heterocycles. The minimum Gasteiger partial charge on any atom is -0.314 e. The van der Waals surface area contributed by atoms with Gasteiger partial charge in [-0.05, 0) is 44.7 Å². The number of unbranched alkanes of at least 4 members (excludes halogenated alkanes) is 1. The van der Waals surface area contributed by atoms with Crippen molar-refractivity contribution in [3.8, 4) is 0 Å². The summed E-state index contributed by atoms with van der Waals surface area (Å²) < 4.78 is 35.8. The molecule has 0 saturated carbocycles. The minimum absolute atomic E-state index is 0.210. The average Bonchev–Trinajstić information content (AvgIpc) is 2.36. The van der Waals surface area contributed by atoms with Crippen molar-refractivity contribution < 1.29 is 13.2 Å². The number of nitrogens with one attached hydrogen (secondary N) is 1. The third kappa shape index (κ3) is 8.65. The van der Waals surface area contributed by atoms with Gasteiger partial charge < -0.3 is 5.32 Å². The molecule has 1 rings (SSSR count). The molecule has 0 spiro atoms. The van der Waals surface area contributed by atoms with Crippen LogP contribution in [0.2, 0.25) is 0 Å². The molecule has 1 atom stereocenters. The van der Waals surface area contributed by atoms with Crippen LogP contribution in [0.3, 0.4) is 0 Å². The van der Waals surface area contributed by atoms with Crippen LogP contribution >= 0.6 is 0 Å². The van der Waals surface area contributed by atoms with Gasteiger partial charge in [-0.3, -0.25) is 0 Å². The maximum atomic E-state index is 11.9. The topological polar surface area (TPSA) is 12.0 Å².